The summed E-state index contributed by atoms with van der Waals surface area (Å²) < 4.78 is 0. The Kier molecular flexibility index (Phi) is 12.6. The second kappa shape index (κ2) is 14.7. The van der Waals surface area contributed by atoms with E-state index in [1.807, 2.05) is 0 Å². The lowest BCUT2D eigenvalue weighted by atomic mass is 9.66. The van der Waals surface area contributed by atoms with Gasteiger partial charge < -0.3 is 21.7 Å². The zero-order valence-electron chi connectivity index (χ0n) is 25.0. The number of halogens is 1. The normalized spacial score (nSPS) is 33.6. The Morgan fingerprint density at radius 2 is 1.14 bits per heavy atom. The minimum Gasteiger partial charge on any atom is -0.330 e. The van der Waals surface area contributed by atoms with E-state index in [2.05, 4.69) is 43.6 Å². The van der Waals surface area contributed by atoms with Crippen molar-refractivity contribution in [2.75, 3.05) is 39.3 Å². The average molecular weight is 539 g/mol. The quantitative estimate of drug-likeness (QED) is 0.153. The molecule has 4 saturated carbocycles. The number of nitrogens with one attached hydrogen (secondary N) is 3. The van der Waals surface area contributed by atoms with Crippen molar-refractivity contribution in [1.82, 2.24) is 16.0 Å². The van der Waals surface area contributed by atoms with Gasteiger partial charge in [0.05, 0.1) is 0 Å². The summed E-state index contributed by atoms with van der Waals surface area (Å²) in [6, 6.07) is 0.724. The summed E-state index contributed by atoms with van der Waals surface area (Å²) in [5.41, 5.74) is 6.73. The largest absolute Gasteiger partial charge is 0.330 e. The first-order valence-corrected chi connectivity index (χ1v) is 16.2. The number of fused-ring (bicyclic) bond motifs is 4. The molecule has 5 heteroatoms. The molecule has 0 aromatic rings. The smallest absolute Gasteiger partial charge is 0.00672 e. The van der Waals surface area contributed by atoms with Crippen LogP contribution in [0.2, 0.25) is 0 Å². The minimum absolute atomic E-state index is 0. The van der Waals surface area contributed by atoms with E-state index in [9.17, 15) is 0 Å². The molecular weight excluding hydrogens is 476 g/mol. The van der Waals surface area contributed by atoms with Crippen LogP contribution in [0.5, 0.6) is 0 Å². The van der Waals surface area contributed by atoms with Gasteiger partial charge in [0, 0.05) is 6.04 Å². The molecule has 0 amide bonds. The molecule has 0 radical (unpaired) electrons. The van der Waals surface area contributed by atoms with Crippen molar-refractivity contribution in [2.24, 2.45) is 52.1 Å². The molecule has 4 rings (SSSR count). The van der Waals surface area contributed by atoms with Crippen LogP contribution in [0.25, 0.3) is 0 Å². The van der Waals surface area contributed by atoms with Crippen LogP contribution >= 0.6 is 12.4 Å². The summed E-state index contributed by atoms with van der Waals surface area (Å²) in [5.74, 6) is 6.03. The van der Waals surface area contributed by atoms with Gasteiger partial charge >= 0.3 is 0 Å². The highest BCUT2D eigenvalue weighted by Crippen LogP contribution is 2.62. The second-order valence-electron chi connectivity index (χ2n) is 14.6. The van der Waals surface area contributed by atoms with Crippen LogP contribution in [0.15, 0.2) is 0 Å². The van der Waals surface area contributed by atoms with Gasteiger partial charge in [-0.25, -0.2) is 0 Å². The first-order valence-electron chi connectivity index (χ1n) is 16.2. The molecule has 0 saturated heterocycles. The highest BCUT2D eigenvalue weighted by molar-refractivity contribution is 5.85. The second-order valence-corrected chi connectivity index (χ2v) is 14.6. The molecule has 6 atom stereocenters. The molecule has 4 nitrogen and oxygen atoms in total. The van der Waals surface area contributed by atoms with Crippen LogP contribution in [0, 0.1) is 46.3 Å². The maximum Gasteiger partial charge on any atom is 0.00672 e. The van der Waals surface area contributed by atoms with Crippen molar-refractivity contribution in [2.45, 2.75) is 117 Å². The lowest BCUT2D eigenvalue weighted by Crippen LogP contribution is -2.37. The third kappa shape index (κ3) is 7.87. The summed E-state index contributed by atoms with van der Waals surface area (Å²) in [7, 11) is 0. The fourth-order valence-electron chi connectivity index (χ4n) is 9.60. The first kappa shape index (κ1) is 31.7. The van der Waals surface area contributed by atoms with Crippen LogP contribution in [-0.2, 0) is 0 Å². The SMILES string of the molecule is CC1(C)C2CCC(C2)C1CCC(CCC1C2CCC(C2)C1(C)C)NCCCNCCCNCCCN.Cl. The fourth-order valence-corrected chi connectivity index (χ4v) is 9.60. The van der Waals surface area contributed by atoms with Gasteiger partial charge in [0.2, 0.25) is 0 Å². The van der Waals surface area contributed by atoms with E-state index in [0.717, 1.165) is 80.7 Å². The van der Waals surface area contributed by atoms with Crippen molar-refractivity contribution in [3.05, 3.63) is 0 Å². The van der Waals surface area contributed by atoms with E-state index in [0.29, 0.717) is 10.8 Å². The maximum absolute atomic E-state index is 5.55. The maximum atomic E-state index is 5.55. The summed E-state index contributed by atoms with van der Waals surface area (Å²) in [4.78, 5) is 0. The number of hydrogen-bond acceptors (Lipinski definition) is 4. The zero-order valence-corrected chi connectivity index (χ0v) is 25.8. The highest BCUT2D eigenvalue weighted by atomic mass is 35.5. The van der Waals surface area contributed by atoms with E-state index < -0.39 is 0 Å². The predicted molar refractivity (Wildman–Crippen MR) is 162 cm³/mol. The first-order chi connectivity index (χ1) is 17.3. The lowest BCUT2D eigenvalue weighted by molar-refractivity contribution is 0.0996. The van der Waals surface area contributed by atoms with Crippen LogP contribution in [0.4, 0.5) is 0 Å². The monoisotopic (exact) mass is 538 g/mol. The number of nitrogens with two attached hydrogens (primary N) is 1. The molecule has 0 spiro atoms. The molecule has 6 unspecified atom stereocenters. The molecule has 0 heterocycles. The van der Waals surface area contributed by atoms with E-state index >= 15 is 0 Å². The molecule has 4 bridgehead atoms. The van der Waals surface area contributed by atoms with E-state index in [4.69, 9.17) is 5.73 Å². The molecule has 0 aromatic heterocycles. The average Bonchev–Trinajstić information content (AvgIpc) is 3.60. The number of rotatable bonds is 18. The fraction of sp³-hybridized carbons (Fsp3) is 1.00. The molecule has 0 aromatic carbocycles. The Hall–Kier alpha value is 0.130. The van der Waals surface area contributed by atoms with Crippen LogP contribution in [0.3, 0.4) is 0 Å². The van der Waals surface area contributed by atoms with Crippen molar-refractivity contribution >= 4 is 12.4 Å². The number of hydrogen-bond donors (Lipinski definition) is 4. The van der Waals surface area contributed by atoms with Gasteiger partial charge in [-0.3, -0.25) is 0 Å². The Labute approximate surface area is 236 Å². The third-order valence-electron chi connectivity index (χ3n) is 12.0. The highest BCUT2D eigenvalue weighted by Gasteiger charge is 2.53. The zero-order chi connectivity index (χ0) is 25.6. The summed E-state index contributed by atoms with van der Waals surface area (Å²) in [5, 5.41) is 11.2. The third-order valence-corrected chi connectivity index (χ3v) is 12.0. The molecule has 4 fully saturated rings. The van der Waals surface area contributed by atoms with Crippen molar-refractivity contribution in [3.63, 3.8) is 0 Å². The molecule has 4 aliphatic rings. The molecule has 37 heavy (non-hydrogen) atoms. The Balaban J connectivity index is 0.00000380. The topological polar surface area (TPSA) is 62.1 Å². The van der Waals surface area contributed by atoms with Crippen molar-refractivity contribution in [1.29, 1.82) is 0 Å². The molecular formula is C32H63ClN4. The van der Waals surface area contributed by atoms with Crippen LogP contribution in [0.1, 0.15) is 111 Å². The molecule has 0 aliphatic heterocycles. The van der Waals surface area contributed by atoms with E-state index in [1.165, 1.54) is 83.6 Å². The summed E-state index contributed by atoms with van der Waals surface area (Å²) in [6.45, 7) is 16.8. The Morgan fingerprint density at radius 1 is 0.676 bits per heavy atom. The van der Waals surface area contributed by atoms with Gasteiger partial charge in [-0.2, -0.15) is 0 Å². The van der Waals surface area contributed by atoms with Gasteiger partial charge in [0.15, 0.2) is 0 Å². The van der Waals surface area contributed by atoms with Gasteiger partial charge in [0.25, 0.3) is 0 Å². The standard InChI is InChI=1S/C32H62N4.ClH/c1-31(2)26-10-8-24(22-26)29(31)14-12-28(13-15-30-25-9-11-27(23-25)32(30,3)4)36-21-7-20-35-19-6-18-34-17-5-16-33;/h24-30,34-36H,5-23,33H2,1-4H3;1H. The Morgan fingerprint density at radius 3 is 1.57 bits per heavy atom. The minimum atomic E-state index is 0. The van der Waals surface area contributed by atoms with Crippen LogP contribution < -0.4 is 21.7 Å². The van der Waals surface area contributed by atoms with Crippen LogP contribution in [-0.4, -0.2) is 45.3 Å². The summed E-state index contributed by atoms with van der Waals surface area (Å²) >= 11 is 0. The van der Waals surface area contributed by atoms with E-state index in [-0.39, 0.29) is 12.4 Å². The van der Waals surface area contributed by atoms with Crippen molar-refractivity contribution < 1.29 is 0 Å². The van der Waals surface area contributed by atoms with Crippen molar-refractivity contribution in [3.8, 4) is 0 Å². The van der Waals surface area contributed by atoms with E-state index in [1.54, 1.807) is 0 Å². The van der Waals surface area contributed by atoms with Gasteiger partial charge in [-0.15, -0.1) is 12.4 Å². The van der Waals surface area contributed by atoms with Gasteiger partial charge in [0.1, 0.15) is 0 Å². The molecule has 5 N–H and O–H groups in total. The molecule has 218 valence electrons. The summed E-state index contributed by atoms with van der Waals surface area (Å²) in [6.07, 6.45) is 18.4. The van der Waals surface area contributed by atoms with Gasteiger partial charge in [-0.05, 0) is 169 Å². The predicted octanol–water partition coefficient (Wildman–Crippen LogP) is 6.38. The molecule has 4 aliphatic carbocycles. The van der Waals surface area contributed by atoms with Gasteiger partial charge in [-0.1, -0.05) is 27.7 Å². The lowest BCUT2D eigenvalue weighted by Gasteiger charge is -2.40. The Bertz CT molecular complexity index is 611.